The van der Waals surface area contributed by atoms with Crippen molar-refractivity contribution in [2.75, 3.05) is 26.6 Å². The average Bonchev–Trinajstić information content (AvgIpc) is 1.64. The zero-order valence-corrected chi connectivity index (χ0v) is 59.9. The van der Waals surface area contributed by atoms with Crippen LogP contribution < -0.4 is 31.3 Å². The second-order valence-electron chi connectivity index (χ2n) is 26.1. The van der Waals surface area contributed by atoms with E-state index in [9.17, 15) is 45.2 Å². The SMILES string of the molecule is Cc1ncc(C(=O)Nc2ncc(-c3cccc(C4CC4)c3)cc2F)cn1.Cc1ncc(C(=O)Nc2ncc(-c3cccc(NC4CC4)c3)cc2F)cn1.Cc1ncc(C(=O)Nc2ncc(-c3cccc(OC4CC4)c3)cc2F)cn1.Cc1ncc(C(=O)Nc2ncc(-c3cccc(S(=O)(=O)C4CC4)c3)cc2F)cn1. The standard InChI is InChI=1S/C20H18FN5O.C20H17FN4O3S.C20H17FN4O2.C20H17FN4O/c1-12-22-10-15(11-23-12)20(27)26-19-18(21)8-14(9-24-19)13-3-2-4-17(7-13)25-16-5-6-16;1-12-22-10-15(11-23-12)20(26)25-19-18(21)8-14(9-24-19)13-3-2-4-17(7-13)29(27,28)16-5-6-16;1-12-22-10-15(11-23-12)20(26)25-19-18(21)8-14(9-24-19)13-3-2-4-17(7-13)27-16-5-6-16;1-12-22-10-17(11-23-12)20(26)25-19-18(21)8-16(9-24-19)15-4-2-3-14(7-15)13-5-6-13/h2-4,7-11,16,25H,5-6H2,1H3,(H,24,26,27);2-4,7-11,16H,5-6H2,1H3,(H,24,25,26);2-4,7-11,16H,5-6H2,1H3,(H,24,25,26);2-4,7-11,13H,5-6H2,1H3,(H,24,25,26). The van der Waals surface area contributed by atoms with Crippen LogP contribution in [0.15, 0.2) is 201 Å². The molecule has 16 rings (SSSR count). The van der Waals surface area contributed by atoms with Crippen LogP contribution in [0.3, 0.4) is 0 Å². The monoisotopic (exact) mass is 1490 g/mol. The predicted octanol–water partition coefficient (Wildman–Crippen LogP) is 14.9. The molecule has 8 aromatic heterocycles. The first-order valence-corrected chi connectivity index (χ1v) is 36.3. The third-order valence-corrected chi connectivity index (χ3v) is 19.6. The Morgan fingerprint density at radius 1 is 0.367 bits per heavy atom. The van der Waals surface area contributed by atoms with Crippen molar-refractivity contribution in [2.24, 2.45) is 0 Å². The summed E-state index contributed by atoms with van der Waals surface area (Å²) in [7, 11) is -3.35. The molecule has 4 aromatic carbocycles. The third kappa shape index (κ3) is 19.9. The number of nitrogens with one attached hydrogen (secondary N) is 5. The Morgan fingerprint density at radius 3 is 1.07 bits per heavy atom. The van der Waals surface area contributed by atoms with Gasteiger partial charge in [-0.1, -0.05) is 60.7 Å². The lowest BCUT2D eigenvalue weighted by molar-refractivity contribution is 0.101. The molecule has 12 aromatic rings. The molecular formula is C80H69F4N17O7S. The molecule has 4 amide bonds. The van der Waals surface area contributed by atoms with Gasteiger partial charge in [0.25, 0.3) is 23.6 Å². The number of sulfone groups is 1. The van der Waals surface area contributed by atoms with Gasteiger partial charge in [0.1, 0.15) is 29.0 Å². The summed E-state index contributed by atoms with van der Waals surface area (Å²) >= 11 is 0. The number of ether oxygens (including phenoxy) is 1. The minimum atomic E-state index is -3.35. The van der Waals surface area contributed by atoms with E-state index in [1.165, 1.54) is 124 Å². The number of halogens is 4. The zero-order valence-electron chi connectivity index (χ0n) is 59.1. The highest BCUT2D eigenvalue weighted by molar-refractivity contribution is 7.92. The van der Waals surface area contributed by atoms with Crippen molar-refractivity contribution in [2.45, 2.75) is 107 Å². The van der Waals surface area contributed by atoms with Crippen molar-refractivity contribution in [1.29, 1.82) is 0 Å². The Labute approximate surface area is 623 Å². The summed E-state index contributed by atoms with van der Waals surface area (Å²) < 4.78 is 88.5. The minimum absolute atomic E-state index is 0.113. The number of benzene rings is 4. The number of hydrogen-bond acceptors (Lipinski definition) is 20. The summed E-state index contributed by atoms with van der Waals surface area (Å²) in [6.45, 7) is 6.84. The summed E-state index contributed by atoms with van der Waals surface area (Å²) in [5.74, 6) is -1.71. The fraction of sp³-hybridized carbons (Fsp3) is 0.200. The molecule has 0 spiro atoms. The van der Waals surface area contributed by atoms with Gasteiger partial charge < -0.3 is 31.3 Å². The fourth-order valence-electron chi connectivity index (χ4n) is 10.7. The van der Waals surface area contributed by atoms with Gasteiger partial charge in [0.2, 0.25) is 0 Å². The number of nitrogens with zero attached hydrogens (tertiary/aromatic N) is 12. The summed E-state index contributed by atoms with van der Waals surface area (Å²) in [5, 5.41) is 12.8. The maximum atomic E-state index is 14.5. The van der Waals surface area contributed by atoms with Gasteiger partial charge in [-0.05, 0) is 173 Å². The predicted molar refractivity (Wildman–Crippen MR) is 400 cm³/mol. The number of carbonyl (C=O) groups excluding carboxylic acids is 4. The van der Waals surface area contributed by atoms with Crippen LogP contribution in [0.25, 0.3) is 44.5 Å². The first-order valence-electron chi connectivity index (χ1n) is 34.7. The average molecular weight is 1490 g/mol. The van der Waals surface area contributed by atoms with Crippen molar-refractivity contribution >= 4 is 62.4 Å². The Morgan fingerprint density at radius 2 is 0.716 bits per heavy atom. The highest BCUT2D eigenvalue weighted by Gasteiger charge is 2.37. The molecule has 0 saturated heterocycles. The van der Waals surface area contributed by atoms with E-state index in [-0.39, 0.29) is 55.7 Å². The van der Waals surface area contributed by atoms with E-state index in [1.54, 1.807) is 58.3 Å². The van der Waals surface area contributed by atoms with Gasteiger partial charge in [0.15, 0.2) is 56.4 Å². The van der Waals surface area contributed by atoms with Crippen LogP contribution in [0.5, 0.6) is 5.75 Å². The van der Waals surface area contributed by atoms with Crippen LogP contribution in [-0.2, 0) is 9.84 Å². The van der Waals surface area contributed by atoms with Gasteiger partial charge in [0, 0.05) is 108 Å². The molecule has 0 atom stereocenters. The summed E-state index contributed by atoms with van der Waals surface area (Å²) in [6, 6.07) is 35.5. The Balaban J connectivity index is 0.000000128. The van der Waals surface area contributed by atoms with E-state index in [4.69, 9.17) is 4.74 Å². The second kappa shape index (κ2) is 33.2. The molecule has 550 valence electrons. The van der Waals surface area contributed by atoms with Gasteiger partial charge in [-0.2, -0.15) is 0 Å². The van der Waals surface area contributed by atoms with Gasteiger partial charge in [-0.3, -0.25) is 19.2 Å². The highest BCUT2D eigenvalue weighted by Crippen LogP contribution is 2.42. The van der Waals surface area contributed by atoms with Crippen molar-refractivity contribution in [3.63, 3.8) is 0 Å². The molecule has 4 saturated carbocycles. The normalized spacial score (nSPS) is 13.5. The number of carbonyl (C=O) groups is 4. The fourth-order valence-corrected chi connectivity index (χ4v) is 12.4. The summed E-state index contributed by atoms with van der Waals surface area (Å²) in [6.07, 6.45) is 25.6. The van der Waals surface area contributed by atoms with E-state index in [0.717, 1.165) is 41.0 Å². The molecule has 109 heavy (non-hydrogen) atoms. The van der Waals surface area contributed by atoms with Crippen molar-refractivity contribution in [3.05, 3.63) is 270 Å². The number of hydrogen-bond donors (Lipinski definition) is 5. The molecule has 0 aliphatic heterocycles. The zero-order chi connectivity index (χ0) is 76.3. The molecule has 0 radical (unpaired) electrons. The third-order valence-electron chi connectivity index (χ3n) is 17.3. The van der Waals surface area contributed by atoms with E-state index >= 15 is 0 Å². The van der Waals surface area contributed by atoms with Crippen molar-refractivity contribution in [1.82, 2.24) is 59.8 Å². The van der Waals surface area contributed by atoms with Gasteiger partial charge in [-0.15, -0.1) is 0 Å². The molecule has 4 aliphatic carbocycles. The number of aromatic nitrogens is 12. The van der Waals surface area contributed by atoms with Gasteiger partial charge in [0.05, 0.1) is 38.5 Å². The summed E-state index contributed by atoms with van der Waals surface area (Å²) in [5.41, 5.74) is 8.63. The van der Waals surface area contributed by atoms with Crippen LogP contribution in [0.2, 0.25) is 0 Å². The second-order valence-corrected chi connectivity index (χ2v) is 28.4. The van der Waals surface area contributed by atoms with Crippen LogP contribution in [0.4, 0.5) is 46.5 Å². The molecule has 24 nitrogen and oxygen atoms in total. The maximum absolute atomic E-state index is 14.5. The van der Waals surface area contributed by atoms with Crippen LogP contribution in [0, 0.1) is 51.0 Å². The number of aryl methyl sites for hydroxylation is 4. The lowest BCUT2D eigenvalue weighted by Crippen LogP contribution is -2.15. The number of rotatable bonds is 19. The molecular weight excluding hydrogens is 1420 g/mol. The van der Waals surface area contributed by atoms with Gasteiger partial charge >= 0.3 is 0 Å². The van der Waals surface area contributed by atoms with Crippen LogP contribution in [0.1, 0.15) is 128 Å². The Hall–Kier alpha value is -13.1. The molecule has 8 heterocycles. The smallest absolute Gasteiger partial charge is 0.260 e. The quantitative estimate of drug-likeness (QED) is 0.0470. The maximum Gasteiger partial charge on any atom is 0.260 e. The lowest BCUT2D eigenvalue weighted by atomic mass is 10.0. The number of pyridine rings is 4. The van der Waals surface area contributed by atoms with Crippen molar-refractivity contribution < 1.29 is 49.9 Å². The van der Waals surface area contributed by atoms with E-state index in [1.807, 2.05) is 60.7 Å². The Bertz CT molecular complexity index is 5320. The summed E-state index contributed by atoms with van der Waals surface area (Å²) in [4.78, 5) is 96.7. The van der Waals surface area contributed by atoms with E-state index < -0.39 is 56.7 Å². The van der Waals surface area contributed by atoms with Crippen LogP contribution in [-0.4, -0.2) is 109 Å². The molecule has 29 heteroatoms. The highest BCUT2D eigenvalue weighted by atomic mass is 32.2. The topological polar surface area (TPSA) is 326 Å². The Kier molecular flexibility index (Phi) is 22.6. The van der Waals surface area contributed by atoms with Gasteiger partial charge in [-0.25, -0.2) is 85.8 Å². The molecule has 0 unspecified atom stereocenters. The largest absolute Gasteiger partial charge is 0.490 e. The first-order chi connectivity index (χ1) is 52.6. The first kappa shape index (κ1) is 74.2. The minimum Gasteiger partial charge on any atom is -0.490 e. The number of anilines is 5. The lowest BCUT2D eigenvalue weighted by Gasteiger charge is -2.09. The molecule has 5 N–H and O–H groups in total. The van der Waals surface area contributed by atoms with E-state index in [2.05, 4.69) is 98.5 Å². The van der Waals surface area contributed by atoms with Crippen LogP contribution >= 0.6 is 0 Å². The van der Waals surface area contributed by atoms with Crippen molar-refractivity contribution in [3.8, 4) is 50.3 Å². The van der Waals surface area contributed by atoms with E-state index in [0.29, 0.717) is 82.0 Å². The molecule has 0 bridgehead atoms. The molecule has 4 fully saturated rings. The molecule has 4 aliphatic rings. The number of amides is 4.